The number of rotatable bonds is 7. The molecule has 3 rings (SSSR count). The Morgan fingerprint density at radius 2 is 2.00 bits per heavy atom. The molecule has 0 saturated heterocycles. The van der Waals surface area contributed by atoms with E-state index < -0.39 is 6.04 Å². The number of carbonyl (C=O) groups excluding carboxylic acids is 1. The maximum Gasteiger partial charge on any atom is 0.221 e. The predicted molar refractivity (Wildman–Crippen MR) is 97.2 cm³/mol. The van der Waals surface area contributed by atoms with E-state index in [-0.39, 0.29) is 5.91 Å². The molecule has 1 aromatic carbocycles. The zero-order valence-corrected chi connectivity index (χ0v) is 14.2. The molecule has 0 fully saturated rings. The fourth-order valence-electron chi connectivity index (χ4n) is 2.61. The van der Waals surface area contributed by atoms with Crippen molar-refractivity contribution in [2.75, 3.05) is 0 Å². The first-order valence-electron chi connectivity index (χ1n) is 8.45. The summed E-state index contributed by atoms with van der Waals surface area (Å²) in [7, 11) is 0. The maximum atomic E-state index is 12.1. The van der Waals surface area contributed by atoms with Gasteiger partial charge in [0, 0.05) is 30.1 Å². The molecule has 6 nitrogen and oxygen atoms in total. The molecule has 0 radical (unpaired) electrons. The van der Waals surface area contributed by atoms with Crippen molar-refractivity contribution in [3.63, 3.8) is 0 Å². The average Bonchev–Trinajstić information content (AvgIpc) is 3.18. The number of benzene rings is 1. The fraction of sp³-hybridized carbons (Fsp3) is 0.200. The predicted octanol–water partition coefficient (Wildman–Crippen LogP) is 2.97. The largest absolute Gasteiger partial charge is 0.337 e. The van der Waals surface area contributed by atoms with Gasteiger partial charge in [-0.25, -0.2) is 4.68 Å². The van der Waals surface area contributed by atoms with E-state index in [0.717, 1.165) is 17.8 Å². The van der Waals surface area contributed by atoms with Crippen molar-refractivity contribution in [2.24, 2.45) is 0 Å². The Kier molecular flexibility index (Phi) is 5.73. The van der Waals surface area contributed by atoms with E-state index in [1.54, 1.807) is 23.3 Å². The summed E-state index contributed by atoms with van der Waals surface area (Å²) in [4.78, 5) is 16.4. The molecule has 0 saturated carbocycles. The highest BCUT2D eigenvalue weighted by molar-refractivity contribution is 5.76. The van der Waals surface area contributed by atoms with Gasteiger partial charge in [0.1, 0.15) is 6.04 Å². The van der Waals surface area contributed by atoms with E-state index in [1.807, 2.05) is 48.5 Å². The van der Waals surface area contributed by atoms with E-state index >= 15 is 0 Å². The number of hydrogen-bond donors (Lipinski definition) is 1. The monoisotopic (exact) mass is 345 g/mol. The van der Waals surface area contributed by atoms with Crippen molar-refractivity contribution in [1.82, 2.24) is 20.1 Å². The van der Waals surface area contributed by atoms with Crippen molar-refractivity contribution < 1.29 is 4.79 Å². The quantitative estimate of drug-likeness (QED) is 0.713. The van der Waals surface area contributed by atoms with Gasteiger partial charge in [0.2, 0.25) is 5.91 Å². The second kappa shape index (κ2) is 8.58. The van der Waals surface area contributed by atoms with Gasteiger partial charge < -0.3 is 5.32 Å². The molecule has 0 aliphatic heterocycles. The van der Waals surface area contributed by atoms with E-state index in [1.165, 1.54) is 0 Å². The van der Waals surface area contributed by atoms with Gasteiger partial charge >= 0.3 is 0 Å². The van der Waals surface area contributed by atoms with Crippen LogP contribution in [0.3, 0.4) is 0 Å². The van der Waals surface area contributed by atoms with Gasteiger partial charge in [0.15, 0.2) is 0 Å². The van der Waals surface area contributed by atoms with Crippen LogP contribution >= 0.6 is 0 Å². The molecule has 130 valence electrons. The number of pyridine rings is 1. The van der Waals surface area contributed by atoms with Gasteiger partial charge in [-0.2, -0.15) is 10.4 Å². The van der Waals surface area contributed by atoms with Crippen LogP contribution in [0.2, 0.25) is 0 Å². The van der Waals surface area contributed by atoms with Crippen molar-refractivity contribution in [3.05, 3.63) is 78.4 Å². The Hall–Kier alpha value is -3.46. The van der Waals surface area contributed by atoms with Crippen molar-refractivity contribution in [2.45, 2.75) is 25.3 Å². The van der Waals surface area contributed by atoms with Crippen LogP contribution in [0.25, 0.3) is 5.69 Å². The first kappa shape index (κ1) is 17.4. The summed E-state index contributed by atoms with van der Waals surface area (Å²) in [6.07, 6.45) is 6.88. The summed E-state index contributed by atoms with van der Waals surface area (Å²) in [5.41, 5.74) is 2.52. The molecule has 3 aromatic rings. The molecular weight excluding hydrogens is 326 g/mol. The molecule has 6 heteroatoms. The van der Waals surface area contributed by atoms with Crippen LogP contribution in [0.4, 0.5) is 0 Å². The molecule has 26 heavy (non-hydrogen) atoms. The summed E-state index contributed by atoms with van der Waals surface area (Å²) in [6.45, 7) is 0. The zero-order valence-electron chi connectivity index (χ0n) is 14.2. The Balaban J connectivity index is 1.55. The van der Waals surface area contributed by atoms with Crippen molar-refractivity contribution in [1.29, 1.82) is 5.26 Å². The average molecular weight is 345 g/mol. The summed E-state index contributed by atoms with van der Waals surface area (Å²) < 4.78 is 1.69. The highest BCUT2D eigenvalue weighted by Gasteiger charge is 2.16. The number of aryl methyl sites for hydroxylation is 1. The first-order valence-corrected chi connectivity index (χ1v) is 8.45. The summed E-state index contributed by atoms with van der Waals surface area (Å²) in [5.74, 6) is -0.153. The molecule has 0 unspecified atom stereocenters. The lowest BCUT2D eigenvalue weighted by molar-refractivity contribution is -0.121. The van der Waals surface area contributed by atoms with Crippen molar-refractivity contribution in [3.8, 4) is 11.8 Å². The van der Waals surface area contributed by atoms with Crippen LogP contribution in [0.5, 0.6) is 0 Å². The topological polar surface area (TPSA) is 83.6 Å². The highest BCUT2D eigenvalue weighted by Crippen LogP contribution is 2.14. The highest BCUT2D eigenvalue weighted by atomic mass is 16.1. The maximum absolute atomic E-state index is 12.1. The fourth-order valence-corrected chi connectivity index (χ4v) is 2.61. The second-order valence-corrected chi connectivity index (χ2v) is 5.86. The molecular formula is C20H19N5O. The van der Waals surface area contributed by atoms with Gasteiger partial charge in [-0.05, 0) is 37.1 Å². The molecule has 2 heterocycles. The lowest BCUT2D eigenvalue weighted by atomic mass is 10.1. The summed E-state index contributed by atoms with van der Waals surface area (Å²) in [5, 5.41) is 16.4. The normalized spacial score (nSPS) is 11.5. The molecule has 1 atom stereocenters. The van der Waals surface area contributed by atoms with E-state index in [9.17, 15) is 10.1 Å². The SMILES string of the molecule is N#C[C@H](NC(=O)CCCc1ccccn1)c1cnn(-c2ccccc2)c1. The third-order valence-corrected chi connectivity index (χ3v) is 3.95. The minimum atomic E-state index is -0.713. The molecule has 2 aromatic heterocycles. The van der Waals surface area contributed by atoms with Crippen molar-refractivity contribution >= 4 is 5.91 Å². The molecule has 0 bridgehead atoms. The lowest BCUT2D eigenvalue weighted by Crippen LogP contribution is -2.27. The number of hydrogen-bond acceptors (Lipinski definition) is 4. The van der Waals surface area contributed by atoms with Gasteiger partial charge in [-0.15, -0.1) is 0 Å². The third-order valence-electron chi connectivity index (χ3n) is 3.95. The van der Waals surface area contributed by atoms with Crippen LogP contribution in [-0.2, 0) is 11.2 Å². The number of aromatic nitrogens is 3. The number of carbonyl (C=O) groups is 1. The first-order chi connectivity index (χ1) is 12.8. The Labute approximate surface area is 152 Å². The number of nitrogens with zero attached hydrogens (tertiary/aromatic N) is 4. The number of nitrogens with one attached hydrogen (secondary N) is 1. The number of para-hydroxylation sites is 1. The Bertz CT molecular complexity index is 883. The van der Waals surface area contributed by atoms with Crippen LogP contribution in [-0.4, -0.2) is 20.7 Å². The van der Waals surface area contributed by atoms with Crippen LogP contribution in [0.15, 0.2) is 67.1 Å². The molecule has 0 aliphatic rings. The van der Waals surface area contributed by atoms with Crippen LogP contribution in [0, 0.1) is 11.3 Å². The molecule has 1 amide bonds. The smallest absolute Gasteiger partial charge is 0.221 e. The third kappa shape index (κ3) is 4.54. The van der Waals surface area contributed by atoms with Gasteiger partial charge in [0.05, 0.1) is 18.0 Å². The van der Waals surface area contributed by atoms with Gasteiger partial charge in [-0.1, -0.05) is 24.3 Å². The number of nitriles is 1. The van der Waals surface area contributed by atoms with Crippen LogP contribution < -0.4 is 5.32 Å². The Morgan fingerprint density at radius 3 is 2.73 bits per heavy atom. The minimum Gasteiger partial charge on any atom is -0.337 e. The molecule has 0 spiro atoms. The van der Waals surface area contributed by atoms with E-state index in [0.29, 0.717) is 18.4 Å². The van der Waals surface area contributed by atoms with Crippen LogP contribution in [0.1, 0.15) is 30.1 Å². The Morgan fingerprint density at radius 1 is 1.19 bits per heavy atom. The van der Waals surface area contributed by atoms with E-state index in [2.05, 4.69) is 21.5 Å². The second-order valence-electron chi connectivity index (χ2n) is 5.86. The summed E-state index contributed by atoms with van der Waals surface area (Å²) in [6, 6.07) is 16.8. The zero-order chi connectivity index (χ0) is 18.2. The van der Waals surface area contributed by atoms with Gasteiger partial charge in [-0.3, -0.25) is 9.78 Å². The number of amides is 1. The molecule has 1 N–H and O–H groups in total. The lowest BCUT2D eigenvalue weighted by Gasteiger charge is -2.09. The minimum absolute atomic E-state index is 0.153. The standard InChI is InChI=1S/C20H19N5O/c21-13-19(16-14-23-25(15-16)18-9-2-1-3-10-18)24-20(26)11-6-8-17-7-4-5-12-22-17/h1-5,7,9-10,12,14-15,19H,6,8,11H2,(H,24,26)/t19-/m0/s1. The molecule has 0 aliphatic carbocycles. The van der Waals surface area contributed by atoms with Gasteiger partial charge in [0.25, 0.3) is 0 Å². The van der Waals surface area contributed by atoms with E-state index in [4.69, 9.17) is 0 Å². The summed E-state index contributed by atoms with van der Waals surface area (Å²) >= 11 is 0.